The summed E-state index contributed by atoms with van der Waals surface area (Å²) in [6.45, 7) is -0.716. The average molecular weight is 213 g/mol. The van der Waals surface area contributed by atoms with E-state index in [1.54, 1.807) is 5.32 Å². The molecule has 0 heterocycles. The number of carbonyl (C=O) groups is 1. The third-order valence-electron chi connectivity index (χ3n) is 1.96. The second-order valence-corrected chi connectivity index (χ2v) is 3.06. The monoisotopic (exact) mass is 213 g/mol. The van der Waals surface area contributed by atoms with Gasteiger partial charge in [-0.25, -0.2) is 4.79 Å². The maximum Gasteiger partial charge on any atom is 0.411 e. The lowest BCUT2D eigenvalue weighted by Gasteiger charge is -2.19. The Labute approximate surface area is 78.0 Å². The lowest BCUT2D eigenvalue weighted by atomic mass is 10.3. The van der Waals surface area contributed by atoms with Crippen LogP contribution < -0.4 is 5.32 Å². The van der Waals surface area contributed by atoms with E-state index in [4.69, 9.17) is 5.11 Å². The molecule has 1 aliphatic rings. The molecule has 1 rings (SSSR count). The summed E-state index contributed by atoms with van der Waals surface area (Å²) in [6.07, 6.45) is -5.82. The Morgan fingerprint density at radius 2 is 2.07 bits per heavy atom. The van der Waals surface area contributed by atoms with Crippen molar-refractivity contribution in [3.05, 3.63) is 0 Å². The second kappa shape index (κ2) is 3.64. The highest BCUT2D eigenvalue weighted by Crippen LogP contribution is 2.48. The quantitative estimate of drug-likeness (QED) is 0.729. The van der Waals surface area contributed by atoms with Gasteiger partial charge in [0.25, 0.3) is 0 Å². The molecule has 82 valence electrons. The number of nitrogens with one attached hydrogen (secondary N) is 1. The predicted molar refractivity (Wildman–Crippen MR) is 39.6 cm³/mol. The van der Waals surface area contributed by atoms with Gasteiger partial charge in [0, 0.05) is 0 Å². The summed E-state index contributed by atoms with van der Waals surface area (Å²) in [5.41, 5.74) is -2.10. The second-order valence-electron chi connectivity index (χ2n) is 3.06. The van der Waals surface area contributed by atoms with Crippen LogP contribution in [0.15, 0.2) is 0 Å². The summed E-state index contributed by atoms with van der Waals surface area (Å²) >= 11 is 0. The van der Waals surface area contributed by atoms with Gasteiger partial charge in [0.1, 0.15) is 12.1 Å². The number of amides is 1. The summed E-state index contributed by atoms with van der Waals surface area (Å²) in [4.78, 5) is 10.8. The first-order chi connectivity index (χ1) is 6.41. The van der Waals surface area contributed by atoms with Crippen LogP contribution in [0.4, 0.5) is 18.0 Å². The Hall–Kier alpha value is -0.980. The van der Waals surface area contributed by atoms with Gasteiger partial charge in [0.2, 0.25) is 0 Å². The zero-order valence-electron chi connectivity index (χ0n) is 7.23. The Balaban J connectivity index is 2.40. The van der Waals surface area contributed by atoms with E-state index in [0.717, 1.165) is 0 Å². The van der Waals surface area contributed by atoms with Gasteiger partial charge in [0.05, 0.1) is 6.61 Å². The van der Waals surface area contributed by atoms with Crippen molar-refractivity contribution in [1.29, 1.82) is 0 Å². The van der Waals surface area contributed by atoms with E-state index in [0.29, 0.717) is 0 Å². The molecule has 0 radical (unpaired) electrons. The van der Waals surface area contributed by atoms with Gasteiger partial charge >= 0.3 is 12.3 Å². The van der Waals surface area contributed by atoms with Gasteiger partial charge < -0.3 is 15.2 Å². The molecule has 14 heavy (non-hydrogen) atoms. The number of carbonyl (C=O) groups excluding carboxylic acids is 1. The maximum atomic E-state index is 12.3. The largest absolute Gasteiger partial charge is 0.447 e. The topological polar surface area (TPSA) is 58.6 Å². The van der Waals surface area contributed by atoms with Gasteiger partial charge in [-0.3, -0.25) is 0 Å². The van der Waals surface area contributed by atoms with Crippen LogP contribution in [0.2, 0.25) is 0 Å². The van der Waals surface area contributed by atoms with Crippen LogP contribution in [0.25, 0.3) is 0 Å². The number of hydrogen-bond acceptors (Lipinski definition) is 3. The summed E-state index contributed by atoms with van der Waals surface area (Å²) in [7, 11) is 0. The van der Waals surface area contributed by atoms with Gasteiger partial charge in [-0.05, 0) is 12.8 Å². The minimum absolute atomic E-state index is 0.120. The van der Waals surface area contributed by atoms with Crippen molar-refractivity contribution in [2.45, 2.75) is 24.6 Å². The molecular weight excluding hydrogens is 203 g/mol. The van der Waals surface area contributed by atoms with E-state index in [9.17, 15) is 18.0 Å². The van der Waals surface area contributed by atoms with Crippen molar-refractivity contribution in [3.63, 3.8) is 0 Å². The molecular formula is C7H10F3NO3. The van der Waals surface area contributed by atoms with E-state index in [1.165, 1.54) is 0 Å². The van der Waals surface area contributed by atoms with Crippen LogP contribution in [0.1, 0.15) is 12.8 Å². The van der Waals surface area contributed by atoms with Crippen LogP contribution in [0.3, 0.4) is 0 Å². The molecule has 0 bridgehead atoms. The number of alkyl halides is 3. The molecule has 1 aliphatic carbocycles. The van der Waals surface area contributed by atoms with Crippen LogP contribution >= 0.6 is 0 Å². The van der Waals surface area contributed by atoms with Crippen LogP contribution in [-0.2, 0) is 4.74 Å². The molecule has 2 N–H and O–H groups in total. The van der Waals surface area contributed by atoms with Crippen molar-refractivity contribution in [2.75, 3.05) is 13.2 Å². The predicted octanol–water partition coefficient (Wildman–Crippen LogP) is 0.800. The van der Waals surface area contributed by atoms with Crippen molar-refractivity contribution >= 4 is 6.09 Å². The third-order valence-corrected chi connectivity index (χ3v) is 1.96. The van der Waals surface area contributed by atoms with Gasteiger partial charge in [-0.15, -0.1) is 0 Å². The third kappa shape index (κ3) is 2.28. The summed E-state index contributed by atoms with van der Waals surface area (Å²) in [5.74, 6) is 0. The fourth-order valence-electron chi connectivity index (χ4n) is 0.974. The highest BCUT2D eigenvalue weighted by Gasteiger charge is 2.64. The highest BCUT2D eigenvalue weighted by molar-refractivity contribution is 5.69. The molecule has 7 heteroatoms. The minimum atomic E-state index is -4.44. The number of ether oxygens (including phenoxy) is 1. The molecule has 0 unspecified atom stereocenters. The Morgan fingerprint density at radius 3 is 2.43 bits per heavy atom. The van der Waals surface area contributed by atoms with Crippen molar-refractivity contribution < 1.29 is 27.8 Å². The number of halogens is 3. The van der Waals surface area contributed by atoms with Crippen LogP contribution in [-0.4, -0.2) is 36.1 Å². The van der Waals surface area contributed by atoms with Crippen LogP contribution in [0, 0.1) is 0 Å². The van der Waals surface area contributed by atoms with E-state index < -0.39 is 24.4 Å². The molecule has 0 aliphatic heterocycles. The summed E-state index contributed by atoms with van der Waals surface area (Å²) < 4.78 is 41.0. The number of aliphatic hydroxyl groups is 1. The number of hydrogen-bond donors (Lipinski definition) is 2. The average Bonchev–Trinajstić information content (AvgIpc) is 2.80. The number of aliphatic hydroxyl groups excluding tert-OH is 1. The molecule has 0 saturated heterocycles. The molecule has 0 atom stereocenters. The normalized spacial score (nSPS) is 18.9. The van der Waals surface area contributed by atoms with E-state index in [1.807, 2.05) is 0 Å². The minimum Gasteiger partial charge on any atom is -0.447 e. The first kappa shape index (κ1) is 11.1. The first-order valence-corrected chi connectivity index (χ1v) is 4.04. The van der Waals surface area contributed by atoms with E-state index >= 15 is 0 Å². The van der Waals surface area contributed by atoms with E-state index in [2.05, 4.69) is 4.74 Å². The highest BCUT2D eigenvalue weighted by atomic mass is 19.4. The van der Waals surface area contributed by atoms with Gasteiger partial charge in [-0.1, -0.05) is 0 Å². The van der Waals surface area contributed by atoms with Gasteiger partial charge in [0.15, 0.2) is 0 Å². The van der Waals surface area contributed by atoms with Crippen LogP contribution in [0.5, 0.6) is 0 Å². The summed E-state index contributed by atoms with van der Waals surface area (Å²) in [6, 6.07) is 0. The molecule has 1 amide bonds. The number of alkyl carbamates (subject to hydrolysis) is 1. The van der Waals surface area contributed by atoms with Crippen molar-refractivity contribution in [2.24, 2.45) is 0 Å². The van der Waals surface area contributed by atoms with E-state index in [-0.39, 0.29) is 19.4 Å². The Kier molecular flexibility index (Phi) is 2.89. The first-order valence-electron chi connectivity index (χ1n) is 4.04. The standard InChI is InChI=1S/C7H10F3NO3/c8-7(9,10)6(1-2-6)11-5(13)14-4-3-12/h12H,1-4H2,(H,11,13). The number of rotatable bonds is 3. The van der Waals surface area contributed by atoms with Gasteiger partial charge in [-0.2, -0.15) is 13.2 Å². The van der Waals surface area contributed by atoms with Crippen molar-refractivity contribution in [1.82, 2.24) is 5.32 Å². The fraction of sp³-hybridized carbons (Fsp3) is 0.857. The zero-order chi connectivity index (χ0) is 10.8. The lowest BCUT2D eigenvalue weighted by molar-refractivity contribution is -0.164. The molecule has 0 aromatic heterocycles. The molecule has 0 aromatic rings. The molecule has 0 aromatic carbocycles. The smallest absolute Gasteiger partial charge is 0.411 e. The Morgan fingerprint density at radius 1 is 1.50 bits per heavy atom. The molecule has 4 nitrogen and oxygen atoms in total. The lowest BCUT2D eigenvalue weighted by Crippen LogP contribution is -2.48. The Bertz CT molecular complexity index is 225. The molecule has 1 saturated carbocycles. The van der Waals surface area contributed by atoms with Crippen molar-refractivity contribution in [3.8, 4) is 0 Å². The fourth-order valence-corrected chi connectivity index (χ4v) is 0.974. The maximum absolute atomic E-state index is 12.3. The molecule has 0 spiro atoms. The molecule has 1 fully saturated rings. The summed E-state index contributed by atoms with van der Waals surface area (Å²) in [5, 5.41) is 10.0. The zero-order valence-corrected chi connectivity index (χ0v) is 7.23. The SMILES string of the molecule is O=C(NC1(C(F)(F)F)CC1)OCCO.